The molecule has 0 saturated carbocycles. The van der Waals surface area contributed by atoms with E-state index in [0.717, 1.165) is 28.1 Å². The number of hydrogen-bond acceptors (Lipinski definition) is 3. The van der Waals surface area contributed by atoms with Gasteiger partial charge in [0.2, 0.25) is 0 Å². The van der Waals surface area contributed by atoms with Crippen LogP contribution in [-0.2, 0) is 0 Å². The van der Waals surface area contributed by atoms with Crippen LogP contribution in [0.1, 0.15) is 5.56 Å². The molecule has 7 heteroatoms. The van der Waals surface area contributed by atoms with Gasteiger partial charge in [-0.2, -0.15) is 10.2 Å². The maximum atomic E-state index is 13.1. The molecule has 4 rings (SSSR count). The number of benzene rings is 2. The van der Waals surface area contributed by atoms with Gasteiger partial charge in [-0.3, -0.25) is 5.10 Å². The molecular formula is C19H14FN5S. The van der Waals surface area contributed by atoms with E-state index in [1.165, 1.54) is 12.1 Å². The molecule has 0 atom stereocenters. The lowest BCUT2D eigenvalue weighted by Crippen LogP contribution is -1.90. The number of imidazole rings is 1. The third kappa shape index (κ3) is 3.25. The number of H-pyrrole nitrogens is 2. The number of rotatable bonds is 4. The van der Waals surface area contributed by atoms with Crippen LogP contribution in [0.2, 0.25) is 0 Å². The van der Waals surface area contributed by atoms with Gasteiger partial charge in [-0.1, -0.05) is 30.3 Å². The fourth-order valence-electron chi connectivity index (χ4n) is 2.60. The molecule has 2 aromatic carbocycles. The molecule has 0 spiro atoms. The Kier molecular flexibility index (Phi) is 4.28. The fraction of sp³-hybridized carbons (Fsp3) is 0. The summed E-state index contributed by atoms with van der Waals surface area (Å²) in [6.07, 6.45) is 5.17. The number of halogens is 1. The van der Waals surface area contributed by atoms with Crippen LogP contribution in [0.25, 0.3) is 22.5 Å². The third-order valence-electron chi connectivity index (χ3n) is 3.91. The number of nitrogens with zero attached hydrogens (tertiary/aromatic N) is 3. The Bertz CT molecular complexity index is 1110. The molecule has 0 fully saturated rings. The Morgan fingerprint density at radius 3 is 2.58 bits per heavy atom. The van der Waals surface area contributed by atoms with Crippen LogP contribution in [0.4, 0.5) is 4.39 Å². The largest absolute Gasteiger partial charge is 0.329 e. The third-order valence-corrected chi connectivity index (χ3v) is 4.20. The van der Waals surface area contributed by atoms with Gasteiger partial charge in [0.15, 0.2) is 4.77 Å². The molecule has 0 aliphatic heterocycles. The molecule has 0 saturated heterocycles. The fourth-order valence-corrected chi connectivity index (χ4v) is 2.81. The average Bonchev–Trinajstić information content (AvgIpc) is 3.28. The summed E-state index contributed by atoms with van der Waals surface area (Å²) < 4.78 is 15.2. The minimum Gasteiger partial charge on any atom is -0.329 e. The van der Waals surface area contributed by atoms with Crippen molar-refractivity contribution in [2.75, 3.05) is 0 Å². The molecule has 0 amide bonds. The van der Waals surface area contributed by atoms with Gasteiger partial charge in [-0.25, -0.2) is 9.07 Å². The maximum Gasteiger partial charge on any atom is 0.198 e. The van der Waals surface area contributed by atoms with Gasteiger partial charge in [-0.05, 0) is 42.0 Å². The van der Waals surface area contributed by atoms with Gasteiger partial charge in [0, 0.05) is 11.1 Å². The summed E-state index contributed by atoms with van der Waals surface area (Å²) >= 11 is 5.34. The number of aromatic amines is 2. The molecule has 0 aliphatic rings. The van der Waals surface area contributed by atoms with Gasteiger partial charge in [0.1, 0.15) is 5.82 Å². The molecular weight excluding hydrogens is 349 g/mol. The van der Waals surface area contributed by atoms with Crippen LogP contribution in [0.3, 0.4) is 0 Å². The second kappa shape index (κ2) is 6.89. The molecule has 26 heavy (non-hydrogen) atoms. The molecule has 0 aliphatic carbocycles. The lowest BCUT2D eigenvalue weighted by atomic mass is 10.1. The van der Waals surface area contributed by atoms with Crippen LogP contribution in [0.15, 0.2) is 72.1 Å². The predicted octanol–water partition coefficient (Wildman–Crippen LogP) is 4.62. The number of aromatic nitrogens is 4. The van der Waals surface area contributed by atoms with Crippen LogP contribution < -0.4 is 0 Å². The summed E-state index contributed by atoms with van der Waals surface area (Å²) in [5.41, 5.74) is 4.29. The minimum absolute atomic E-state index is 0.282. The van der Waals surface area contributed by atoms with E-state index in [9.17, 15) is 4.39 Å². The zero-order valence-corrected chi connectivity index (χ0v) is 14.4. The SMILES string of the molecule is Fc1ccc(-c2[nH]ncc2C=Nn2cc(-c3ccccc3)[nH]c2=S)cc1. The summed E-state index contributed by atoms with van der Waals surface area (Å²) in [6.45, 7) is 0. The Morgan fingerprint density at radius 2 is 1.81 bits per heavy atom. The van der Waals surface area contributed by atoms with Gasteiger partial charge in [0.05, 0.1) is 30.0 Å². The summed E-state index contributed by atoms with van der Waals surface area (Å²) in [5.74, 6) is -0.282. The first-order valence-corrected chi connectivity index (χ1v) is 8.32. The molecule has 128 valence electrons. The highest BCUT2D eigenvalue weighted by Crippen LogP contribution is 2.20. The molecule has 2 heterocycles. The predicted molar refractivity (Wildman–Crippen MR) is 102 cm³/mol. The Hall–Kier alpha value is -3.32. The van der Waals surface area contributed by atoms with Crippen LogP contribution in [0.5, 0.6) is 0 Å². The second-order valence-electron chi connectivity index (χ2n) is 5.64. The molecule has 5 nitrogen and oxygen atoms in total. The van der Waals surface area contributed by atoms with Crippen molar-refractivity contribution in [1.82, 2.24) is 19.9 Å². The standard InChI is InChI=1S/C19H14FN5S/c20-16-8-6-14(7-9-16)18-15(10-21-24-18)11-22-25-12-17(23-19(25)26)13-4-2-1-3-5-13/h1-12H,(H,21,24)(H,23,26). The van der Waals surface area contributed by atoms with Crippen molar-refractivity contribution in [2.24, 2.45) is 5.10 Å². The zero-order chi connectivity index (χ0) is 17.9. The Labute approximate surface area is 153 Å². The number of hydrogen-bond donors (Lipinski definition) is 2. The van der Waals surface area contributed by atoms with Gasteiger partial charge >= 0.3 is 0 Å². The topological polar surface area (TPSA) is 61.8 Å². The van der Waals surface area contributed by atoms with E-state index < -0.39 is 0 Å². The first-order chi connectivity index (χ1) is 12.7. The Balaban J connectivity index is 1.64. The molecule has 0 radical (unpaired) electrons. The quantitative estimate of drug-likeness (QED) is 0.410. The maximum absolute atomic E-state index is 13.1. The van der Waals surface area contributed by atoms with Crippen molar-refractivity contribution in [1.29, 1.82) is 0 Å². The van der Waals surface area contributed by atoms with E-state index in [1.807, 2.05) is 36.5 Å². The second-order valence-corrected chi connectivity index (χ2v) is 6.02. The lowest BCUT2D eigenvalue weighted by Gasteiger charge is -1.99. The first kappa shape index (κ1) is 16.2. The molecule has 2 N–H and O–H groups in total. The van der Waals surface area contributed by atoms with E-state index in [1.54, 1.807) is 29.2 Å². The van der Waals surface area contributed by atoms with Crippen molar-refractivity contribution in [3.63, 3.8) is 0 Å². The van der Waals surface area contributed by atoms with Gasteiger partial charge < -0.3 is 4.98 Å². The highest BCUT2D eigenvalue weighted by atomic mass is 32.1. The molecule has 4 aromatic rings. The monoisotopic (exact) mass is 363 g/mol. The normalized spacial score (nSPS) is 11.3. The summed E-state index contributed by atoms with van der Waals surface area (Å²) in [7, 11) is 0. The lowest BCUT2D eigenvalue weighted by molar-refractivity contribution is 0.628. The summed E-state index contributed by atoms with van der Waals surface area (Å²) in [4.78, 5) is 3.14. The highest BCUT2D eigenvalue weighted by Gasteiger charge is 2.07. The zero-order valence-electron chi connectivity index (χ0n) is 13.6. The summed E-state index contributed by atoms with van der Waals surface area (Å²) in [5, 5.41) is 11.4. The van der Waals surface area contributed by atoms with E-state index in [4.69, 9.17) is 12.2 Å². The Morgan fingerprint density at radius 1 is 1.04 bits per heavy atom. The van der Waals surface area contributed by atoms with Gasteiger partial charge in [-0.15, -0.1) is 0 Å². The number of nitrogens with one attached hydrogen (secondary N) is 2. The van der Waals surface area contributed by atoms with Crippen molar-refractivity contribution in [2.45, 2.75) is 0 Å². The van der Waals surface area contributed by atoms with E-state index in [2.05, 4.69) is 20.3 Å². The smallest absolute Gasteiger partial charge is 0.198 e. The van der Waals surface area contributed by atoms with Crippen LogP contribution in [0, 0.1) is 10.6 Å². The van der Waals surface area contributed by atoms with Crippen LogP contribution >= 0.6 is 12.2 Å². The van der Waals surface area contributed by atoms with E-state index in [0.29, 0.717) is 4.77 Å². The summed E-state index contributed by atoms with van der Waals surface area (Å²) in [6, 6.07) is 16.1. The van der Waals surface area contributed by atoms with E-state index in [-0.39, 0.29) is 5.82 Å². The average molecular weight is 363 g/mol. The molecule has 0 unspecified atom stereocenters. The van der Waals surface area contributed by atoms with Gasteiger partial charge in [0.25, 0.3) is 0 Å². The molecule has 2 aromatic heterocycles. The van der Waals surface area contributed by atoms with Crippen molar-refractivity contribution in [3.8, 4) is 22.5 Å². The van der Waals surface area contributed by atoms with Crippen LogP contribution in [-0.4, -0.2) is 26.1 Å². The molecule has 0 bridgehead atoms. The first-order valence-electron chi connectivity index (χ1n) is 7.91. The highest BCUT2D eigenvalue weighted by molar-refractivity contribution is 7.71. The minimum atomic E-state index is -0.282. The van der Waals surface area contributed by atoms with Crippen molar-refractivity contribution < 1.29 is 4.39 Å². The van der Waals surface area contributed by atoms with E-state index >= 15 is 0 Å². The van der Waals surface area contributed by atoms with Crippen molar-refractivity contribution >= 4 is 18.4 Å². The van der Waals surface area contributed by atoms with Crippen molar-refractivity contribution in [3.05, 3.63) is 83.1 Å².